The maximum Gasteiger partial charge on any atom is 0.338 e. The van der Waals surface area contributed by atoms with Crippen LogP contribution in [0.1, 0.15) is 22.8 Å². The summed E-state index contributed by atoms with van der Waals surface area (Å²) < 4.78 is 36.6. The van der Waals surface area contributed by atoms with Crippen LogP contribution in [0.15, 0.2) is 53.4 Å². The molecule has 2 aromatic rings. The Morgan fingerprint density at radius 3 is 2.40 bits per heavy atom. The predicted molar refractivity (Wildman–Crippen MR) is 94.0 cm³/mol. The molecule has 0 saturated heterocycles. The van der Waals surface area contributed by atoms with Crippen molar-refractivity contribution in [1.29, 1.82) is 0 Å². The lowest BCUT2D eigenvalue weighted by molar-refractivity contribution is 0.0526. The van der Waals surface area contributed by atoms with Gasteiger partial charge in [0.2, 0.25) is 10.0 Å². The van der Waals surface area contributed by atoms with Gasteiger partial charge in [0.15, 0.2) is 0 Å². The summed E-state index contributed by atoms with van der Waals surface area (Å²) in [5.74, 6) is 0.193. The summed E-state index contributed by atoms with van der Waals surface area (Å²) >= 11 is 0. The van der Waals surface area contributed by atoms with E-state index in [1.807, 2.05) is 12.1 Å². The quantitative estimate of drug-likeness (QED) is 0.707. The number of benzene rings is 2. The molecule has 2 rings (SSSR count). The van der Waals surface area contributed by atoms with Gasteiger partial charge in [0.1, 0.15) is 5.75 Å². The van der Waals surface area contributed by atoms with E-state index in [1.54, 1.807) is 26.2 Å². The van der Waals surface area contributed by atoms with Crippen LogP contribution in [-0.4, -0.2) is 39.5 Å². The Balaban J connectivity index is 2.17. The normalized spacial score (nSPS) is 11.4. The molecule has 0 spiro atoms. The summed E-state index contributed by atoms with van der Waals surface area (Å²) in [6, 6.07) is 12.9. The summed E-state index contributed by atoms with van der Waals surface area (Å²) in [5, 5.41) is 0. The lowest BCUT2D eigenvalue weighted by atomic mass is 10.2. The van der Waals surface area contributed by atoms with Gasteiger partial charge in [-0.25, -0.2) is 13.2 Å². The average molecular weight is 363 g/mol. The summed E-state index contributed by atoms with van der Waals surface area (Å²) in [6.45, 7) is 2.19. The molecule has 0 heterocycles. The van der Waals surface area contributed by atoms with Crippen molar-refractivity contribution in [1.82, 2.24) is 4.31 Å². The highest BCUT2D eigenvalue weighted by atomic mass is 32.2. The van der Waals surface area contributed by atoms with E-state index in [9.17, 15) is 13.2 Å². The molecule has 2 aromatic carbocycles. The van der Waals surface area contributed by atoms with Gasteiger partial charge in [0, 0.05) is 13.6 Å². The number of nitrogens with zero attached hydrogens (tertiary/aromatic N) is 1. The molecule has 0 saturated carbocycles. The number of hydrogen-bond acceptors (Lipinski definition) is 5. The van der Waals surface area contributed by atoms with Crippen LogP contribution in [0.3, 0.4) is 0 Å². The molecule has 0 atom stereocenters. The Kier molecular flexibility index (Phi) is 6.17. The predicted octanol–water partition coefficient (Wildman–Crippen LogP) is 2.69. The highest BCUT2D eigenvalue weighted by molar-refractivity contribution is 7.89. The number of hydrogen-bond donors (Lipinski definition) is 0. The van der Waals surface area contributed by atoms with Crippen molar-refractivity contribution >= 4 is 16.0 Å². The minimum absolute atomic E-state index is 0.117. The Hall–Kier alpha value is -2.38. The van der Waals surface area contributed by atoms with Crippen molar-refractivity contribution in [2.75, 3.05) is 20.8 Å². The van der Waals surface area contributed by atoms with Gasteiger partial charge in [-0.05, 0) is 48.9 Å². The Labute approximate surface area is 148 Å². The molecule has 25 heavy (non-hydrogen) atoms. The van der Waals surface area contributed by atoms with Crippen LogP contribution in [0.25, 0.3) is 0 Å². The molecule has 0 aliphatic carbocycles. The first-order valence-corrected chi connectivity index (χ1v) is 9.19. The van der Waals surface area contributed by atoms with Gasteiger partial charge in [0.25, 0.3) is 0 Å². The topological polar surface area (TPSA) is 72.9 Å². The van der Waals surface area contributed by atoms with Gasteiger partial charge in [-0.2, -0.15) is 4.31 Å². The zero-order chi connectivity index (χ0) is 18.4. The lowest BCUT2D eigenvalue weighted by Gasteiger charge is -2.18. The number of methoxy groups -OCH3 is 1. The molecule has 0 aromatic heterocycles. The van der Waals surface area contributed by atoms with Crippen molar-refractivity contribution in [3.8, 4) is 5.75 Å². The summed E-state index contributed by atoms with van der Waals surface area (Å²) in [7, 11) is -0.603. The minimum Gasteiger partial charge on any atom is -0.497 e. The Bertz CT molecular complexity index is 831. The molecule has 0 amide bonds. The maximum atomic E-state index is 12.7. The van der Waals surface area contributed by atoms with Crippen LogP contribution < -0.4 is 4.74 Å². The van der Waals surface area contributed by atoms with Crippen LogP contribution in [-0.2, 0) is 21.3 Å². The van der Waals surface area contributed by atoms with Crippen LogP contribution in [0.5, 0.6) is 5.75 Å². The highest BCUT2D eigenvalue weighted by Crippen LogP contribution is 2.20. The molecule has 134 valence electrons. The van der Waals surface area contributed by atoms with E-state index in [4.69, 9.17) is 9.47 Å². The molecule has 0 bridgehead atoms. The van der Waals surface area contributed by atoms with Crippen molar-refractivity contribution in [2.24, 2.45) is 0 Å². The standard InChI is InChI=1S/C18H21NO5S/c1-4-24-18(20)15-8-10-17(11-9-15)25(21,22)19(2)13-14-6-5-7-16(12-14)23-3/h5-12H,4,13H2,1-3H3. The van der Waals surface area contributed by atoms with Gasteiger partial charge >= 0.3 is 5.97 Å². The number of rotatable bonds is 7. The van der Waals surface area contributed by atoms with Crippen LogP contribution in [0, 0.1) is 0 Å². The monoisotopic (exact) mass is 363 g/mol. The third kappa shape index (κ3) is 4.58. The second-order valence-corrected chi connectivity index (χ2v) is 7.40. The van der Waals surface area contributed by atoms with Crippen LogP contribution >= 0.6 is 0 Å². The fraction of sp³-hybridized carbons (Fsp3) is 0.278. The van der Waals surface area contributed by atoms with Crippen molar-refractivity contribution in [2.45, 2.75) is 18.4 Å². The molecule has 6 nitrogen and oxygen atoms in total. The number of ether oxygens (including phenoxy) is 2. The molecular formula is C18H21NO5S. The maximum absolute atomic E-state index is 12.7. The molecule has 0 radical (unpaired) electrons. The first-order chi connectivity index (χ1) is 11.9. The SMILES string of the molecule is CCOC(=O)c1ccc(S(=O)(=O)N(C)Cc2cccc(OC)c2)cc1. The van der Waals surface area contributed by atoms with E-state index >= 15 is 0 Å². The highest BCUT2D eigenvalue weighted by Gasteiger charge is 2.21. The van der Waals surface area contributed by atoms with Crippen molar-refractivity contribution in [3.05, 3.63) is 59.7 Å². The van der Waals surface area contributed by atoms with Crippen molar-refractivity contribution < 1.29 is 22.7 Å². The van der Waals surface area contributed by atoms with Gasteiger partial charge in [0.05, 0.1) is 24.2 Å². The van der Waals surface area contributed by atoms with E-state index in [1.165, 1.54) is 35.6 Å². The molecule has 0 aliphatic rings. The van der Waals surface area contributed by atoms with Crippen molar-refractivity contribution in [3.63, 3.8) is 0 Å². The van der Waals surface area contributed by atoms with Gasteiger partial charge in [-0.1, -0.05) is 12.1 Å². The zero-order valence-corrected chi connectivity index (χ0v) is 15.2. The Morgan fingerprint density at radius 1 is 1.12 bits per heavy atom. The third-order valence-electron chi connectivity index (χ3n) is 3.61. The molecule has 7 heteroatoms. The van der Waals surface area contributed by atoms with Gasteiger partial charge in [-0.3, -0.25) is 0 Å². The van der Waals surface area contributed by atoms with E-state index < -0.39 is 16.0 Å². The van der Waals surface area contributed by atoms with E-state index in [2.05, 4.69) is 0 Å². The molecule has 0 fully saturated rings. The fourth-order valence-corrected chi connectivity index (χ4v) is 3.43. The van der Waals surface area contributed by atoms with E-state index in [0.717, 1.165) is 5.56 Å². The Morgan fingerprint density at radius 2 is 1.80 bits per heavy atom. The molecule has 0 aliphatic heterocycles. The average Bonchev–Trinajstić information content (AvgIpc) is 2.62. The molecule has 0 unspecified atom stereocenters. The zero-order valence-electron chi connectivity index (χ0n) is 14.4. The third-order valence-corrected chi connectivity index (χ3v) is 5.43. The molecular weight excluding hydrogens is 342 g/mol. The first kappa shape index (κ1) is 19.0. The first-order valence-electron chi connectivity index (χ1n) is 7.75. The molecule has 0 N–H and O–H groups in total. The van der Waals surface area contributed by atoms with E-state index in [0.29, 0.717) is 11.3 Å². The van der Waals surface area contributed by atoms with Crippen LogP contribution in [0.2, 0.25) is 0 Å². The second-order valence-electron chi connectivity index (χ2n) is 5.36. The summed E-state index contributed by atoms with van der Waals surface area (Å²) in [4.78, 5) is 11.8. The number of carbonyl (C=O) groups is 1. The summed E-state index contributed by atoms with van der Waals surface area (Å²) in [5.41, 5.74) is 1.13. The minimum atomic E-state index is -3.67. The lowest BCUT2D eigenvalue weighted by Crippen LogP contribution is -2.26. The smallest absolute Gasteiger partial charge is 0.338 e. The number of carbonyl (C=O) groups excluding carboxylic acids is 1. The largest absolute Gasteiger partial charge is 0.497 e. The second kappa shape index (κ2) is 8.13. The summed E-state index contributed by atoms with van der Waals surface area (Å²) in [6.07, 6.45) is 0. The van der Waals surface area contributed by atoms with Gasteiger partial charge < -0.3 is 9.47 Å². The number of esters is 1. The van der Waals surface area contributed by atoms with Gasteiger partial charge in [-0.15, -0.1) is 0 Å². The fourth-order valence-electron chi connectivity index (χ4n) is 2.27. The van der Waals surface area contributed by atoms with Crippen LogP contribution in [0.4, 0.5) is 0 Å². The number of sulfonamides is 1. The van der Waals surface area contributed by atoms with E-state index in [-0.39, 0.29) is 18.0 Å².